The molecular weight excluding hydrogens is 188 g/mol. The number of aryl methyl sites for hydroxylation is 1. The van der Waals surface area contributed by atoms with Crippen molar-refractivity contribution < 1.29 is 4.79 Å². The lowest BCUT2D eigenvalue weighted by molar-refractivity contribution is -0.118. The van der Waals surface area contributed by atoms with E-state index in [1.165, 1.54) is 5.56 Å². The van der Waals surface area contributed by atoms with Crippen LogP contribution in [-0.4, -0.2) is 11.9 Å². The molecule has 1 aromatic rings. The molecule has 0 aliphatic rings. The number of rotatable bonds is 3. The van der Waals surface area contributed by atoms with E-state index in [9.17, 15) is 4.79 Å². The van der Waals surface area contributed by atoms with Crippen molar-refractivity contribution in [1.82, 2.24) is 0 Å². The van der Waals surface area contributed by atoms with Gasteiger partial charge in [0, 0.05) is 5.69 Å². The van der Waals surface area contributed by atoms with Crippen molar-refractivity contribution in [3.05, 3.63) is 29.8 Å². The quantitative estimate of drug-likeness (QED) is 0.793. The van der Waals surface area contributed by atoms with Crippen LogP contribution in [0.2, 0.25) is 0 Å². The average Bonchev–Trinajstić information content (AvgIpc) is 2.20. The number of nitrogens with one attached hydrogen (secondary N) is 1. The van der Waals surface area contributed by atoms with E-state index in [4.69, 9.17) is 5.73 Å². The minimum absolute atomic E-state index is 0.131. The van der Waals surface area contributed by atoms with E-state index in [2.05, 4.69) is 5.32 Å². The maximum Gasteiger partial charge on any atom is 0.241 e. The minimum Gasteiger partial charge on any atom is -0.325 e. The van der Waals surface area contributed by atoms with Gasteiger partial charge in [-0.3, -0.25) is 4.79 Å². The van der Waals surface area contributed by atoms with Crippen LogP contribution in [0.3, 0.4) is 0 Å². The Labute approximate surface area is 90.7 Å². The zero-order valence-corrected chi connectivity index (χ0v) is 9.45. The highest BCUT2D eigenvalue weighted by molar-refractivity contribution is 5.94. The summed E-state index contributed by atoms with van der Waals surface area (Å²) < 4.78 is 0. The summed E-state index contributed by atoms with van der Waals surface area (Å²) in [6, 6.07) is 7.21. The summed E-state index contributed by atoms with van der Waals surface area (Å²) in [6.45, 7) is 5.87. The first-order valence-electron chi connectivity index (χ1n) is 5.14. The highest BCUT2D eigenvalue weighted by atomic mass is 16.2. The van der Waals surface area contributed by atoms with Crippen LogP contribution in [0, 0.1) is 12.8 Å². The lowest BCUT2D eigenvalue weighted by Crippen LogP contribution is -2.39. The highest BCUT2D eigenvalue weighted by Crippen LogP contribution is 2.10. The van der Waals surface area contributed by atoms with Crippen molar-refractivity contribution in [2.24, 2.45) is 11.7 Å². The number of carbonyl (C=O) groups excluding carboxylic acids is 1. The van der Waals surface area contributed by atoms with Crippen molar-refractivity contribution in [3.63, 3.8) is 0 Å². The van der Waals surface area contributed by atoms with E-state index in [0.717, 1.165) is 5.69 Å². The van der Waals surface area contributed by atoms with Gasteiger partial charge in [0.25, 0.3) is 0 Å². The second-order valence-electron chi connectivity index (χ2n) is 4.13. The summed E-state index contributed by atoms with van der Waals surface area (Å²) in [7, 11) is 0. The Morgan fingerprint density at radius 1 is 1.27 bits per heavy atom. The van der Waals surface area contributed by atoms with Gasteiger partial charge in [0.05, 0.1) is 6.04 Å². The maximum atomic E-state index is 11.6. The Bertz CT molecular complexity index is 330. The number of carbonyl (C=O) groups is 1. The SMILES string of the molecule is Cc1ccc(NC(=O)[C@H](N)C(C)C)cc1. The van der Waals surface area contributed by atoms with Crippen LogP contribution in [0.4, 0.5) is 5.69 Å². The first kappa shape index (κ1) is 11.7. The lowest BCUT2D eigenvalue weighted by atomic mass is 10.0. The molecule has 1 atom stereocenters. The highest BCUT2D eigenvalue weighted by Gasteiger charge is 2.16. The molecule has 0 aromatic heterocycles. The summed E-state index contributed by atoms with van der Waals surface area (Å²) in [5.74, 6) is 0.0179. The number of hydrogen-bond acceptors (Lipinski definition) is 2. The molecule has 15 heavy (non-hydrogen) atoms. The Morgan fingerprint density at radius 3 is 2.27 bits per heavy atom. The van der Waals surface area contributed by atoms with Gasteiger partial charge in [-0.1, -0.05) is 31.5 Å². The van der Waals surface area contributed by atoms with Gasteiger partial charge in [-0.2, -0.15) is 0 Å². The predicted molar refractivity (Wildman–Crippen MR) is 62.6 cm³/mol. The Hall–Kier alpha value is -1.35. The Morgan fingerprint density at radius 2 is 1.80 bits per heavy atom. The molecule has 0 aliphatic heterocycles. The van der Waals surface area contributed by atoms with Crippen LogP contribution >= 0.6 is 0 Å². The molecule has 0 spiro atoms. The number of benzene rings is 1. The summed E-state index contributed by atoms with van der Waals surface area (Å²) in [4.78, 5) is 11.6. The third kappa shape index (κ3) is 3.36. The van der Waals surface area contributed by atoms with Crippen LogP contribution < -0.4 is 11.1 Å². The molecule has 1 amide bonds. The molecule has 82 valence electrons. The molecule has 0 heterocycles. The minimum atomic E-state index is -0.452. The smallest absolute Gasteiger partial charge is 0.241 e. The van der Waals surface area contributed by atoms with Crippen LogP contribution in [0.25, 0.3) is 0 Å². The molecule has 0 unspecified atom stereocenters. The van der Waals surface area contributed by atoms with E-state index in [0.29, 0.717) is 0 Å². The Kier molecular flexibility index (Phi) is 3.86. The average molecular weight is 206 g/mol. The third-order valence-electron chi connectivity index (χ3n) is 2.34. The molecule has 0 saturated carbocycles. The number of amides is 1. The molecule has 0 radical (unpaired) electrons. The molecule has 1 rings (SSSR count). The van der Waals surface area contributed by atoms with Crippen LogP contribution in [-0.2, 0) is 4.79 Å². The fourth-order valence-corrected chi connectivity index (χ4v) is 1.17. The van der Waals surface area contributed by atoms with E-state index in [-0.39, 0.29) is 11.8 Å². The van der Waals surface area contributed by atoms with Gasteiger partial charge in [0.1, 0.15) is 0 Å². The zero-order chi connectivity index (χ0) is 11.4. The van der Waals surface area contributed by atoms with E-state index < -0.39 is 6.04 Å². The van der Waals surface area contributed by atoms with Gasteiger partial charge in [-0.05, 0) is 25.0 Å². The first-order chi connectivity index (χ1) is 7.00. The topological polar surface area (TPSA) is 55.1 Å². The summed E-state index contributed by atoms with van der Waals surface area (Å²) in [5, 5.41) is 2.79. The lowest BCUT2D eigenvalue weighted by Gasteiger charge is -2.15. The van der Waals surface area contributed by atoms with Crippen LogP contribution in [0.15, 0.2) is 24.3 Å². The summed E-state index contributed by atoms with van der Waals surface area (Å²) >= 11 is 0. The Balaban J connectivity index is 2.62. The number of nitrogens with two attached hydrogens (primary N) is 1. The van der Waals surface area contributed by atoms with E-state index in [1.807, 2.05) is 45.0 Å². The van der Waals surface area contributed by atoms with Gasteiger partial charge in [-0.25, -0.2) is 0 Å². The standard InChI is InChI=1S/C12H18N2O/c1-8(2)11(13)12(15)14-10-6-4-9(3)5-7-10/h4-8,11H,13H2,1-3H3,(H,14,15)/t11-/m1/s1. The largest absolute Gasteiger partial charge is 0.325 e. The fraction of sp³-hybridized carbons (Fsp3) is 0.417. The van der Waals surface area contributed by atoms with Crippen molar-refractivity contribution in [3.8, 4) is 0 Å². The molecule has 0 saturated heterocycles. The van der Waals surface area contributed by atoms with Gasteiger partial charge in [-0.15, -0.1) is 0 Å². The number of hydrogen-bond donors (Lipinski definition) is 2. The van der Waals surface area contributed by atoms with Crippen molar-refractivity contribution >= 4 is 11.6 Å². The zero-order valence-electron chi connectivity index (χ0n) is 9.45. The number of anilines is 1. The van der Waals surface area contributed by atoms with Crippen molar-refractivity contribution in [1.29, 1.82) is 0 Å². The molecule has 3 heteroatoms. The van der Waals surface area contributed by atoms with Crippen molar-refractivity contribution in [2.75, 3.05) is 5.32 Å². The van der Waals surface area contributed by atoms with Gasteiger partial charge in [0.15, 0.2) is 0 Å². The maximum absolute atomic E-state index is 11.6. The van der Waals surface area contributed by atoms with Crippen LogP contribution in [0.5, 0.6) is 0 Å². The van der Waals surface area contributed by atoms with Crippen molar-refractivity contribution in [2.45, 2.75) is 26.8 Å². The molecule has 0 fully saturated rings. The second-order valence-corrected chi connectivity index (χ2v) is 4.13. The summed E-state index contributed by atoms with van der Waals surface area (Å²) in [6.07, 6.45) is 0. The monoisotopic (exact) mass is 206 g/mol. The van der Waals surface area contributed by atoms with E-state index >= 15 is 0 Å². The normalized spacial score (nSPS) is 12.6. The first-order valence-corrected chi connectivity index (χ1v) is 5.14. The summed E-state index contributed by atoms with van der Waals surface area (Å²) in [5.41, 5.74) is 7.69. The van der Waals surface area contributed by atoms with E-state index in [1.54, 1.807) is 0 Å². The van der Waals surface area contributed by atoms with Gasteiger partial charge < -0.3 is 11.1 Å². The molecule has 1 aromatic carbocycles. The molecule has 0 aliphatic carbocycles. The van der Waals surface area contributed by atoms with Gasteiger partial charge >= 0.3 is 0 Å². The fourth-order valence-electron chi connectivity index (χ4n) is 1.17. The predicted octanol–water partition coefficient (Wildman–Crippen LogP) is 1.92. The molecule has 3 N–H and O–H groups in total. The molecule has 3 nitrogen and oxygen atoms in total. The van der Waals surface area contributed by atoms with Gasteiger partial charge in [0.2, 0.25) is 5.91 Å². The molecular formula is C12H18N2O. The van der Waals surface area contributed by atoms with Crippen LogP contribution in [0.1, 0.15) is 19.4 Å². The molecule has 0 bridgehead atoms. The second kappa shape index (κ2) is 4.94. The third-order valence-corrected chi connectivity index (χ3v) is 2.34.